The van der Waals surface area contributed by atoms with Crippen molar-refractivity contribution in [2.24, 2.45) is 0 Å². The fourth-order valence-electron chi connectivity index (χ4n) is 1.37. The van der Waals surface area contributed by atoms with Crippen LogP contribution in [0.1, 0.15) is 5.56 Å². The highest BCUT2D eigenvalue weighted by Gasteiger charge is 2.02. The van der Waals surface area contributed by atoms with Gasteiger partial charge in [-0.1, -0.05) is 12.1 Å². The van der Waals surface area contributed by atoms with Gasteiger partial charge in [0.1, 0.15) is 11.6 Å². The number of rotatable bonds is 3. The Bertz CT molecular complexity index is 531. The van der Waals surface area contributed by atoms with E-state index in [9.17, 15) is 9.50 Å². The van der Waals surface area contributed by atoms with Crippen LogP contribution in [0.3, 0.4) is 0 Å². The molecule has 17 heavy (non-hydrogen) atoms. The zero-order valence-corrected chi connectivity index (χ0v) is 11.3. The number of benzene rings is 2. The Hall–Kier alpha value is -1.00. The van der Waals surface area contributed by atoms with Crippen molar-refractivity contribution in [3.63, 3.8) is 0 Å². The Kier molecular flexibility index (Phi) is 4.07. The molecule has 4 heteroatoms. The van der Waals surface area contributed by atoms with E-state index in [1.165, 1.54) is 6.07 Å². The summed E-state index contributed by atoms with van der Waals surface area (Å²) in [5.74, 6) is 0.744. The van der Waals surface area contributed by atoms with Gasteiger partial charge in [-0.3, -0.25) is 0 Å². The molecule has 88 valence electrons. The highest BCUT2D eigenvalue weighted by Crippen LogP contribution is 2.27. The van der Waals surface area contributed by atoms with Crippen molar-refractivity contribution in [1.82, 2.24) is 0 Å². The molecule has 0 aromatic heterocycles. The SMILES string of the molecule is Oc1cccc(SCc2ccc(F)c(Br)c2)c1. The molecule has 1 nitrogen and oxygen atoms in total. The number of hydrogen-bond acceptors (Lipinski definition) is 2. The Labute approximate surface area is 112 Å². The van der Waals surface area contributed by atoms with Crippen molar-refractivity contribution in [2.45, 2.75) is 10.6 Å². The van der Waals surface area contributed by atoms with Gasteiger partial charge >= 0.3 is 0 Å². The van der Waals surface area contributed by atoms with E-state index in [0.717, 1.165) is 16.2 Å². The number of phenolic OH excluding ortho intramolecular Hbond substituents is 1. The minimum Gasteiger partial charge on any atom is -0.508 e. The van der Waals surface area contributed by atoms with Gasteiger partial charge in [-0.15, -0.1) is 11.8 Å². The molecule has 2 aromatic rings. The smallest absolute Gasteiger partial charge is 0.137 e. The molecule has 0 aliphatic rings. The molecule has 1 N–H and O–H groups in total. The predicted molar refractivity (Wildman–Crippen MR) is 71.8 cm³/mol. The summed E-state index contributed by atoms with van der Waals surface area (Å²) in [6.07, 6.45) is 0. The summed E-state index contributed by atoms with van der Waals surface area (Å²) < 4.78 is 13.5. The molecule has 0 radical (unpaired) electrons. The van der Waals surface area contributed by atoms with Gasteiger partial charge in [-0.05, 0) is 51.8 Å². The average Bonchev–Trinajstić information content (AvgIpc) is 2.31. The molecule has 0 saturated heterocycles. The second-order valence-corrected chi connectivity index (χ2v) is 5.44. The monoisotopic (exact) mass is 312 g/mol. The van der Waals surface area contributed by atoms with Crippen LogP contribution in [0.5, 0.6) is 5.75 Å². The molecule has 0 spiro atoms. The predicted octanol–water partition coefficient (Wildman–Crippen LogP) is 4.59. The van der Waals surface area contributed by atoms with Gasteiger partial charge in [-0.25, -0.2) is 4.39 Å². The van der Waals surface area contributed by atoms with Crippen molar-refractivity contribution in [1.29, 1.82) is 0 Å². The average molecular weight is 313 g/mol. The van der Waals surface area contributed by atoms with Crippen molar-refractivity contribution < 1.29 is 9.50 Å². The lowest BCUT2D eigenvalue weighted by Gasteiger charge is -2.03. The topological polar surface area (TPSA) is 20.2 Å². The van der Waals surface area contributed by atoms with Crippen LogP contribution in [0.15, 0.2) is 51.8 Å². The van der Waals surface area contributed by atoms with Crippen molar-refractivity contribution in [2.75, 3.05) is 0 Å². The normalized spacial score (nSPS) is 10.5. The summed E-state index contributed by atoms with van der Waals surface area (Å²) in [4.78, 5) is 0.991. The highest BCUT2D eigenvalue weighted by molar-refractivity contribution is 9.10. The number of halogens is 2. The fraction of sp³-hybridized carbons (Fsp3) is 0.0769. The number of phenols is 1. The first kappa shape index (κ1) is 12.5. The van der Waals surface area contributed by atoms with Gasteiger partial charge in [0.25, 0.3) is 0 Å². The second kappa shape index (κ2) is 5.56. The minimum atomic E-state index is -0.254. The maximum atomic E-state index is 13.0. The third kappa shape index (κ3) is 3.48. The molecule has 0 bridgehead atoms. The third-order valence-corrected chi connectivity index (χ3v) is 3.88. The lowest BCUT2D eigenvalue weighted by Crippen LogP contribution is -1.83. The lowest BCUT2D eigenvalue weighted by atomic mass is 10.2. The Morgan fingerprint density at radius 2 is 2.00 bits per heavy atom. The summed E-state index contributed by atoms with van der Waals surface area (Å²) in [5.41, 5.74) is 1.03. The van der Waals surface area contributed by atoms with Gasteiger partial charge in [0.2, 0.25) is 0 Å². The van der Waals surface area contributed by atoms with Crippen LogP contribution in [0.4, 0.5) is 4.39 Å². The zero-order chi connectivity index (χ0) is 12.3. The first-order valence-corrected chi connectivity index (χ1v) is 6.79. The molecule has 2 aromatic carbocycles. The van der Waals surface area contributed by atoms with Crippen LogP contribution in [0.2, 0.25) is 0 Å². The van der Waals surface area contributed by atoms with E-state index >= 15 is 0 Å². The highest BCUT2D eigenvalue weighted by atomic mass is 79.9. The Balaban J connectivity index is 2.05. The van der Waals surface area contributed by atoms with Gasteiger partial charge in [0.05, 0.1) is 4.47 Å². The van der Waals surface area contributed by atoms with Crippen LogP contribution >= 0.6 is 27.7 Å². The summed E-state index contributed by atoms with van der Waals surface area (Å²) in [5, 5.41) is 9.32. The summed E-state index contributed by atoms with van der Waals surface area (Å²) in [7, 11) is 0. The van der Waals surface area contributed by atoms with Crippen LogP contribution < -0.4 is 0 Å². The number of aromatic hydroxyl groups is 1. The minimum absolute atomic E-state index is 0.254. The van der Waals surface area contributed by atoms with E-state index in [-0.39, 0.29) is 11.6 Å². The summed E-state index contributed by atoms with van der Waals surface area (Å²) in [6.45, 7) is 0. The van der Waals surface area contributed by atoms with Gasteiger partial charge in [0, 0.05) is 10.6 Å². The molecule has 0 aliphatic heterocycles. The molecule has 0 fully saturated rings. The Morgan fingerprint density at radius 3 is 2.71 bits per heavy atom. The van der Waals surface area contributed by atoms with E-state index in [0.29, 0.717) is 4.47 Å². The molecule has 0 aliphatic carbocycles. The number of hydrogen-bond donors (Lipinski definition) is 1. The summed E-state index contributed by atoms with van der Waals surface area (Å²) in [6, 6.07) is 12.1. The van der Waals surface area contributed by atoms with Crippen LogP contribution in [-0.2, 0) is 5.75 Å². The second-order valence-electron chi connectivity index (χ2n) is 3.53. The standard InChI is InChI=1S/C13H10BrFOS/c14-12-6-9(4-5-13(12)15)8-17-11-3-1-2-10(16)7-11/h1-7,16H,8H2. The van der Waals surface area contributed by atoms with E-state index < -0.39 is 0 Å². The molecule has 0 amide bonds. The van der Waals surface area contributed by atoms with Gasteiger partial charge < -0.3 is 5.11 Å². The van der Waals surface area contributed by atoms with E-state index in [1.807, 2.05) is 6.07 Å². The Morgan fingerprint density at radius 1 is 1.18 bits per heavy atom. The van der Waals surface area contributed by atoms with E-state index in [4.69, 9.17) is 0 Å². The van der Waals surface area contributed by atoms with Crippen LogP contribution in [-0.4, -0.2) is 5.11 Å². The quantitative estimate of drug-likeness (QED) is 0.837. The van der Waals surface area contributed by atoms with Crippen molar-refractivity contribution in [3.05, 3.63) is 58.3 Å². The molecular formula is C13H10BrFOS. The van der Waals surface area contributed by atoms with Crippen molar-refractivity contribution in [3.8, 4) is 5.75 Å². The molecular weight excluding hydrogens is 303 g/mol. The maximum Gasteiger partial charge on any atom is 0.137 e. The van der Waals surface area contributed by atoms with Gasteiger partial charge in [-0.2, -0.15) is 0 Å². The largest absolute Gasteiger partial charge is 0.508 e. The van der Waals surface area contributed by atoms with Crippen molar-refractivity contribution >= 4 is 27.7 Å². The van der Waals surface area contributed by atoms with Gasteiger partial charge in [0.15, 0.2) is 0 Å². The van der Waals surface area contributed by atoms with Crippen LogP contribution in [0, 0.1) is 5.82 Å². The molecule has 0 heterocycles. The van der Waals surface area contributed by atoms with Crippen LogP contribution in [0.25, 0.3) is 0 Å². The third-order valence-electron chi connectivity index (χ3n) is 2.21. The zero-order valence-electron chi connectivity index (χ0n) is 8.86. The lowest BCUT2D eigenvalue weighted by molar-refractivity contribution is 0.474. The van der Waals surface area contributed by atoms with E-state index in [1.54, 1.807) is 42.1 Å². The number of thioether (sulfide) groups is 1. The maximum absolute atomic E-state index is 13.0. The summed E-state index contributed by atoms with van der Waals surface area (Å²) >= 11 is 4.76. The molecule has 0 saturated carbocycles. The first-order chi connectivity index (χ1) is 8.15. The van der Waals surface area contributed by atoms with E-state index in [2.05, 4.69) is 15.9 Å². The molecule has 0 unspecified atom stereocenters. The molecule has 2 rings (SSSR count). The fourth-order valence-corrected chi connectivity index (χ4v) is 2.69. The first-order valence-electron chi connectivity index (χ1n) is 5.01. The molecule has 0 atom stereocenters.